The largest absolute Gasteiger partial charge is 0.464 e. The molecule has 68 valence electrons. The van der Waals surface area contributed by atoms with Crippen molar-refractivity contribution in [1.82, 2.24) is 0 Å². The van der Waals surface area contributed by atoms with E-state index in [1.54, 1.807) is 18.2 Å². The number of alkyl halides is 2. The highest BCUT2D eigenvalue weighted by Crippen LogP contribution is 2.30. The zero-order valence-corrected chi connectivity index (χ0v) is 8.01. The van der Waals surface area contributed by atoms with Gasteiger partial charge in [-0.25, -0.2) is 8.78 Å². The molecule has 0 fully saturated rings. The van der Waals surface area contributed by atoms with Crippen LogP contribution in [-0.2, 0) is 0 Å². The molecule has 2 rings (SSSR count). The second-order valence-electron chi connectivity index (χ2n) is 2.63. The molecule has 1 nitrogen and oxygen atoms in total. The first-order chi connectivity index (χ1) is 6.18. The number of furan rings is 1. The average Bonchev–Trinajstić information content (AvgIpc) is 2.46. The topological polar surface area (TPSA) is 13.1 Å². The van der Waals surface area contributed by atoms with Crippen LogP contribution in [0.2, 0.25) is 0 Å². The Bertz CT molecular complexity index is 436. The molecule has 1 aromatic heterocycles. The van der Waals surface area contributed by atoms with E-state index >= 15 is 0 Å². The van der Waals surface area contributed by atoms with Crippen molar-refractivity contribution in [2.45, 2.75) is 6.43 Å². The van der Waals surface area contributed by atoms with Crippen molar-refractivity contribution < 1.29 is 13.2 Å². The Morgan fingerprint density at radius 1 is 1.31 bits per heavy atom. The van der Waals surface area contributed by atoms with Gasteiger partial charge < -0.3 is 4.42 Å². The van der Waals surface area contributed by atoms with Crippen molar-refractivity contribution in [2.24, 2.45) is 0 Å². The fourth-order valence-corrected chi connectivity index (χ4v) is 1.53. The van der Waals surface area contributed by atoms with Crippen LogP contribution in [0, 0.1) is 0 Å². The van der Waals surface area contributed by atoms with E-state index in [1.165, 1.54) is 0 Å². The summed E-state index contributed by atoms with van der Waals surface area (Å²) < 4.78 is 30.5. The summed E-state index contributed by atoms with van der Waals surface area (Å²) in [6.45, 7) is 0. The lowest BCUT2D eigenvalue weighted by atomic mass is 10.2. The summed E-state index contributed by atoms with van der Waals surface area (Å²) >= 11 is 3.23. The van der Waals surface area contributed by atoms with E-state index in [-0.39, 0.29) is 5.56 Å². The fourth-order valence-electron chi connectivity index (χ4n) is 1.19. The molecule has 0 radical (unpaired) electrons. The molecule has 0 aliphatic carbocycles. The third-order valence-corrected chi connectivity index (χ3v) is 2.30. The summed E-state index contributed by atoms with van der Waals surface area (Å²) in [5.41, 5.74) is 0.423. The lowest BCUT2D eigenvalue weighted by molar-refractivity contribution is 0.152. The van der Waals surface area contributed by atoms with Gasteiger partial charge in [-0.2, -0.15) is 0 Å². The van der Waals surface area contributed by atoms with Crippen LogP contribution in [0.4, 0.5) is 8.78 Å². The Balaban J connectivity index is 2.69. The van der Waals surface area contributed by atoms with Crippen molar-refractivity contribution in [1.29, 1.82) is 0 Å². The van der Waals surface area contributed by atoms with Gasteiger partial charge in [0.25, 0.3) is 6.43 Å². The first kappa shape index (κ1) is 8.69. The van der Waals surface area contributed by atoms with Gasteiger partial charge in [-0.05, 0) is 18.2 Å². The van der Waals surface area contributed by atoms with Gasteiger partial charge in [-0.15, -0.1) is 0 Å². The van der Waals surface area contributed by atoms with E-state index in [4.69, 9.17) is 4.42 Å². The number of rotatable bonds is 1. The van der Waals surface area contributed by atoms with Crippen LogP contribution in [0.15, 0.2) is 33.4 Å². The third kappa shape index (κ3) is 1.46. The Hall–Kier alpha value is -0.900. The molecule has 0 unspecified atom stereocenters. The van der Waals surface area contributed by atoms with E-state index in [0.29, 0.717) is 11.0 Å². The molecule has 0 saturated heterocycles. The maximum Gasteiger partial charge on any atom is 0.267 e. The number of fused-ring (bicyclic) bond motifs is 1. The van der Waals surface area contributed by atoms with Crippen molar-refractivity contribution in [3.05, 3.63) is 34.5 Å². The fraction of sp³-hybridized carbons (Fsp3) is 0.111. The number of halogens is 3. The highest BCUT2D eigenvalue weighted by molar-refractivity contribution is 9.10. The quantitative estimate of drug-likeness (QED) is 0.738. The zero-order valence-electron chi connectivity index (χ0n) is 6.43. The first-order valence-electron chi connectivity index (χ1n) is 3.63. The summed E-state index contributed by atoms with van der Waals surface area (Å²) in [5, 5.41) is 0.471. The van der Waals surface area contributed by atoms with Crippen molar-refractivity contribution in [3.63, 3.8) is 0 Å². The highest BCUT2D eigenvalue weighted by atomic mass is 79.9. The van der Waals surface area contributed by atoms with Crippen LogP contribution in [0.1, 0.15) is 12.0 Å². The SMILES string of the molecule is FC(F)c1coc2cc(Br)ccc12. The average molecular weight is 247 g/mol. The molecular weight excluding hydrogens is 242 g/mol. The van der Waals surface area contributed by atoms with Gasteiger partial charge in [0.2, 0.25) is 0 Å². The molecule has 0 aliphatic rings. The Labute approximate surface area is 81.5 Å². The van der Waals surface area contributed by atoms with Gasteiger partial charge in [0.15, 0.2) is 0 Å². The second kappa shape index (κ2) is 3.10. The normalized spacial score (nSPS) is 11.4. The van der Waals surface area contributed by atoms with Gasteiger partial charge in [-0.1, -0.05) is 15.9 Å². The predicted molar refractivity (Wildman–Crippen MR) is 48.9 cm³/mol. The van der Waals surface area contributed by atoms with E-state index in [9.17, 15) is 8.78 Å². The monoisotopic (exact) mass is 246 g/mol. The zero-order chi connectivity index (χ0) is 9.42. The molecule has 0 bridgehead atoms. The van der Waals surface area contributed by atoms with Crippen LogP contribution < -0.4 is 0 Å². The molecule has 0 atom stereocenters. The molecule has 0 spiro atoms. The number of hydrogen-bond donors (Lipinski definition) is 0. The Kier molecular flexibility index (Phi) is 2.07. The van der Waals surface area contributed by atoms with Gasteiger partial charge >= 0.3 is 0 Å². The Morgan fingerprint density at radius 2 is 2.08 bits per heavy atom. The molecule has 2 aromatic rings. The van der Waals surface area contributed by atoms with Crippen LogP contribution in [0.25, 0.3) is 11.0 Å². The van der Waals surface area contributed by atoms with Crippen LogP contribution >= 0.6 is 15.9 Å². The maximum absolute atomic E-state index is 12.4. The molecule has 1 aromatic carbocycles. The summed E-state index contributed by atoms with van der Waals surface area (Å²) in [6, 6.07) is 5.00. The maximum atomic E-state index is 12.4. The van der Waals surface area contributed by atoms with E-state index < -0.39 is 6.43 Å². The van der Waals surface area contributed by atoms with Crippen LogP contribution in [0.3, 0.4) is 0 Å². The summed E-state index contributed by atoms with van der Waals surface area (Å²) in [5.74, 6) is 0. The minimum atomic E-state index is -2.48. The van der Waals surface area contributed by atoms with Crippen molar-refractivity contribution >= 4 is 26.9 Å². The van der Waals surface area contributed by atoms with E-state index in [0.717, 1.165) is 10.7 Å². The smallest absolute Gasteiger partial charge is 0.267 e. The van der Waals surface area contributed by atoms with Gasteiger partial charge in [0.05, 0.1) is 5.56 Å². The molecule has 0 aliphatic heterocycles. The van der Waals surface area contributed by atoms with Gasteiger partial charge in [-0.3, -0.25) is 0 Å². The molecule has 4 heteroatoms. The van der Waals surface area contributed by atoms with Crippen molar-refractivity contribution in [3.8, 4) is 0 Å². The summed E-state index contributed by atoms with van der Waals surface area (Å²) in [6.07, 6.45) is -1.38. The molecule has 0 N–H and O–H groups in total. The lowest BCUT2D eigenvalue weighted by Gasteiger charge is -1.94. The molecular formula is C9H5BrF2O. The third-order valence-electron chi connectivity index (χ3n) is 1.80. The first-order valence-corrected chi connectivity index (χ1v) is 4.42. The van der Waals surface area contributed by atoms with Crippen LogP contribution in [-0.4, -0.2) is 0 Å². The minimum absolute atomic E-state index is 0.0532. The second-order valence-corrected chi connectivity index (χ2v) is 3.55. The number of hydrogen-bond acceptors (Lipinski definition) is 1. The molecule has 0 saturated carbocycles. The predicted octanol–water partition coefficient (Wildman–Crippen LogP) is 4.13. The van der Waals surface area contributed by atoms with E-state index in [1.807, 2.05) is 0 Å². The molecule has 13 heavy (non-hydrogen) atoms. The van der Waals surface area contributed by atoms with E-state index in [2.05, 4.69) is 15.9 Å². The molecule has 0 amide bonds. The Morgan fingerprint density at radius 3 is 2.77 bits per heavy atom. The minimum Gasteiger partial charge on any atom is -0.464 e. The number of benzene rings is 1. The van der Waals surface area contributed by atoms with Crippen molar-refractivity contribution in [2.75, 3.05) is 0 Å². The van der Waals surface area contributed by atoms with Gasteiger partial charge in [0.1, 0.15) is 11.8 Å². The summed E-state index contributed by atoms with van der Waals surface area (Å²) in [4.78, 5) is 0. The van der Waals surface area contributed by atoms with Crippen LogP contribution in [0.5, 0.6) is 0 Å². The lowest BCUT2D eigenvalue weighted by Crippen LogP contribution is -1.79. The van der Waals surface area contributed by atoms with Gasteiger partial charge in [0, 0.05) is 9.86 Å². The summed E-state index contributed by atoms with van der Waals surface area (Å²) in [7, 11) is 0. The highest BCUT2D eigenvalue weighted by Gasteiger charge is 2.14. The standard InChI is InChI=1S/C9H5BrF2O/c10-5-1-2-6-7(9(11)12)4-13-8(6)3-5/h1-4,9H. The molecule has 1 heterocycles.